The molecule has 0 aromatic heterocycles. The summed E-state index contributed by atoms with van der Waals surface area (Å²) in [5.41, 5.74) is 5.58. The molecule has 0 bridgehead atoms. The van der Waals surface area contributed by atoms with Crippen LogP contribution < -0.4 is 11.1 Å². The first-order valence-corrected chi connectivity index (χ1v) is 5.74. The SMILES string of the molecule is CC(N)CC(=O)NC1CCN(C)C(C)C1. The molecule has 3 atom stereocenters. The highest BCUT2D eigenvalue weighted by Gasteiger charge is 2.23. The largest absolute Gasteiger partial charge is 0.353 e. The Bertz CT molecular complexity index is 218. The molecule has 4 heteroatoms. The van der Waals surface area contributed by atoms with Crippen molar-refractivity contribution in [3.63, 3.8) is 0 Å². The summed E-state index contributed by atoms with van der Waals surface area (Å²) in [6.07, 6.45) is 2.52. The molecule has 0 radical (unpaired) electrons. The van der Waals surface area contributed by atoms with Crippen molar-refractivity contribution in [1.29, 1.82) is 0 Å². The quantitative estimate of drug-likeness (QED) is 0.710. The van der Waals surface area contributed by atoms with Gasteiger partial charge in [-0.1, -0.05) is 0 Å². The fourth-order valence-electron chi connectivity index (χ4n) is 2.00. The van der Waals surface area contributed by atoms with Crippen LogP contribution in [-0.4, -0.2) is 42.5 Å². The summed E-state index contributed by atoms with van der Waals surface area (Å²) >= 11 is 0. The summed E-state index contributed by atoms with van der Waals surface area (Å²) in [5.74, 6) is 0.0896. The van der Waals surface area contributed by atoms with Crippen LogP contribution in [0.2, 0.25) is 0 Å². The van der Waals surface area contributed by atoms with Crippen LogP contribution in [-0.2, 0) is 4.79 Å². The molecule has 88 valence electrons. The molecule has 1 aliphatic rings. The summed E-state index contributed by atoms with van der Waals surface area (Å²) in [4.78, 5) is 13.8. The van der Waals surface area contributed by atoms with Crippen LogP contribution in [0.25, 0.3) is 0 Å². The van der Waals surface area contributed by atoms with Crippen LogP contribution in [0.15, 0.2) is 0 Å². The number of carbonyl (C=O) groups is 1. The summed E-state index contributed by atoms with van der Waals surface area (Å²) in [7, 11) is 2.13. The number of hydrogen-bond donors (Lipinski definition) is 2. The van der Waals surface area contributed by atoms with E-state index in [1.54, 1.807) is 0 Å². The molecular weight excluding hydrogens is 190 g/mol. The zero-order valence-corrected chi connectivity index (χ0v) is 9.99. The molecule has 1 aliphatic heterocycles. The van der Waals surface area contributed by atoms with Gasteiger partial charge in [0.05, 0.1) is 0 Å². The zero-order valence-electron chi connectivity index (χ0n) is 9.99. The predicted molar refractivity (Wildman–Crippen MR) is 61.5 cm³/mol. The molecule has 0 saturated carbocycles. The third-order valence-electron chi connectivity index (χ3n) is 3.08. The van der Waals surface area contributed by atoms with Gasteiger partial charge in [0.15, 0.2) is 0 Å². The van der Waals surface area contributed by atoms with Crippen molar-refractivity contribution in [2.24, 2.45) is 5.73 Å². The van der Waals surface area contributed by atoms with Gasteiger partial charge in [0.2, 0.25) is 5.91 Å². The maximum absolute atomic E-state index is 11.5. The number of nitrogens with two attached hydrogens (primary N) is 1. The number of nitrogens with zero attached hydrogens (tertiary/aromatic N) is 1. The zero-order chi connectivity index (χ0) is 11.4. The van der Waals surface area contributed by atoms with E-state index in [1.165, 1.54) is 0 Å². The maximum atomic E-state index is 11.5. The van der Waals surface area contributed by atoms with Crippen molar-refractivity contribution in [2.45, 2.75) is 51.2 Å². The Morgan fingerprint density at radius 1 is 1.67 bits per heavy atom. The van der Waals surface area contributed by atoms with E-state index in [0.717, 1.165) is 19.4 Å². The first-order chi connectivity index (χ1) is 6.99. The lowest BCUT2D eigenvalue weighted by atomic mass is 9.99. The van der Waals surface area contributed by atoms with Gasteiger partial charge >= 0.3 is 0 Å². The van der Waals surface area contributed by atoms with E-state index in [9.17, 15) is 4.79 Å². The monoisotopic (exact) mass is 213 g/mol. The van der Waals surface area contributed by atoms with Gasteiger partial charge in [-0.3, -0.25) is 4.79 Å². The van der Waals surface area contributed by atoms with E-state index in [2.05, 4.69) is 24.2 Å². The second-order valence-corrected chi connectivity index (χ2v) is 4.80. The molecule has 1 heterocycles. The van der Waals surface area contributed by atoms with E-state index in [0.29, 0.717) is 18.5 Å². The Labute approximate surface area is 92.2 Å². The van der Waals surface area contributed by atoms with Crippen LogP contribution in [0.5, 0.6) is 0 Å². The average Bonchev–Trinajstić information content (AvgIpc) is 2.10. The Hall–Kier alpha value is -0.610. The summed E-state index contributed by atoms with van der Waals surface area (Å²) in [6.45, 7) is 5.12. The first kappa shape index (κ1) is 12.5. The van der Waals surface area contributed by atoms with Crippen LogP contribution in [0.4, 0.5) is 0 Å². The molecule has 1 amide bonds. The van der Waals surface area contributed by atoms with Gasteiger partial charge in [-0.05, 0) is 33.7 Å². The number of nitrogens with one attached hydrogen (secondary N) is 1. The number of piperidine rings is 1. The molecular formula is C11H23N3O. The second-order valence-electron chi connectivity index (χ2n) is 4.80. The maximum Gasteiger partial charge on any atom is 0.221 e. The number of amides is 1. The lowest BCUT2D eigenvalue weighted by Gasteiger charge is -2.35. The fourth-order valence-corrected chi connectivity index (χ4v) is 2.00. The fraction of sp³-hybridized carbons (Fsp3) is 0.909. The highest BCUT2D eigenvalue weighted by Crippen LogP contribution is 2.15. The Morgan fingerprint density at radius 2 is 2.33 bits per heavy atom. The molecule has 4 nitrogen and oxygen atoms in total. The standard InChI is InChI=1S/C11H23N3O/c1-8(12)6-11(15)13-10-4-5-14(3)9(2)7-10/h8-10H,4-7,12H2,1-3H3,(H,13,15). The third-order valence-corrected chi connectivity index (χ3v) is 3.08. The lowest BCUT2D eigenvalue weighted by Crippen LogP contribution is -2.47. The molecule has 3 N–H and O–H groups in total. The van der Waals surface area contributed by atoms with Crippen molar-refractivity contribution in [3.8, 4) is 0 Å². The van der Waals surface area contributed by atoms with Gasteiger partial charge in [0, 0.05) is 31.1 Å². The van der Waals surface area contributed by atoms with Gasteiger partial charge in [-0.25, -0.2) is 0 Å². The van der Waals surface area contributed by atoms with Crippen LogP contribution in [0, 0.1) is 0 Å². The Balaban J connectivity index is 2.30. The predicted octanol–water partition coefficient (Wildman–Crippen LogP) is 0.323. The van der Waals surface area contributed by atoms with Crippen molar-refractivity contribution >= 4 is 5.91 Å². The third kappa shape index (κ3) is 4.18. The molecule has 0 spiro atoms. The minimum absolute atomic E-state index is 0.0475. The molecule has 0 aliphatic carbocycles. The van der Waals surface area contributed by atoms with Crippen LogP contribution in [0.1, 0.15) is 33.1 Å². The van der Waals surface area contributed by atoms with Gasteiger partial charge < -0.3 is 16.0 Å². The minimum Gasteiger partial charge on any atom is -0.353 e. The Morgan fingerprint density at radius 3 is 2.87 bits per heavy atom. The lowest BCUT2D eigenvalue weighted by molar-refractivity contribution is -0.122. The van der Waals surface area contributed by atoms with E-state index in [1.807, 2.05) is 6.92 Å². The number of carbonyl (C=O) groups excluding carboxylic acids is 1. The highest BCUT2D eigenvalue weighted by atomic mass is 16.1. The van der Waals surface area contributed by atoms with Gasteiger partial charge in [-0.15, -0.1) is 0 Å². The highest BCUT2D eigenvalue weighted by molar-refractivity contribution is 5.76. The first-order valence-electron chi connectivity index (χ1n) is 5.74. The van der Waals surface area contributed by atoms with Crippen molar-refractivity contribution in [1.82, 2.24) is 10.2 Å². The van der Waals surface area contributed by atoms with E-state index >= 15 is 0 Å². The second kappa shape index (κ2) is 5.47. The summed E-state index contributed by atoms with van der Waals surface area (Å²) < 4.78 is 0. The molecule has 1 rings (SSSR count). The smallest absolute Gasteiger partial charge is 0.221 e. The van der Waals surface area contributed by atoms with Crippen molar-refractivity contribution < 1.29 is 4.79 Å². The van der Waals surface area contributed by atoms with E-state index in [-0.39, 0.29) is 11.9 Å². The molecule has 3 unspecified atom stereocenters. The number of hydrogen-bond acceptors (Lipinski definition) is 3. The van der Waals surface area contributed by atoms with E-state index < -0.39 is 0 Å². The Kier molecular flexibility index (Phi) is 4.54. The van der Waals surface area contributed by atoms with Gasteiger partial charge in [0.1, 0.15) is 0 Å². The van der Waals surface area contributed by atoms with Gasteiger partial charge in [-0.2, -0.15) is 0 Å². The average molecular weight is 213 g/mol. The minimum atomic E-state index is -0.0475. The normalized spacial score (nSPS) is 29.9. The van der Waals surface area contributed by atoms with Crippen LogP contribution in [0.3, 0.4) is 0 Å². The topological polar surface area (TPSA) is 58.4 Å². The number of rotatable bonds is 3. The van der Waals surface area contributed by atoms with Gasteiger partial charge in [0.25, 0.3) is 0 Å². The molecule has 15 heavy (non-hydrogen) atoms. The summed E-state index contributed by atoms with van der Waals surface area (Å²) in [5, 5.41) is 3.06. The molecule has 0 aromatic carbocycles. The molecule has 0 aromatic rings. The summed E-state index contributed by atoms with van der Waals surface area (Å²) in [6, 6.07) is 0.843. The van der Waals surface area contributed by atoms with Crippen molar-refractivity contribution in [3.05, 3.63) is 0 Å². The molecule has 1 fully saturated rings. The van der Waals surface area contributed by atoms with Crippen LogP contribution >= 0.6 is 0 Å². The number of likely N-dealkylation sites (tertiary alicyclic amines) is 1. The van der Waals surface area contributed by atoms with Crippen molar-refractivity contribution in [2.75, 3.05) is 13.6 Å². The molecule has 1 saturated heterocycles. The van der Waals surface area contributed by atoms with E-state index in [4.69, 9.17) is 5.73 Å².